The summed E-state index contributed by atoms with van der Waals surface area (Å²) in [6, 6.07) is 11.3. The molecule has 3 nitrogen and oxygen atoms in total. The van der Waals surface area contributed by atoms with Crippen molar-refractivity contribution in [2.24, 2.45) is 0 Å². The van der Waals surface area contributed by atoms with Crippen molar-refractivity contribution in [2.45, 2.75) is 13.5 Å². The van der Waals surface area contributed by atoms with Crippen LogP contribution in [0.5, 0.6) is 0 Å². The maximum atomic E-state index is 13.5. The molecule has 0 fully saturated rings. The standard InChI is InChI=1S/C15H14FNO2/c1-10-6-7-11(15(18)19)8-14(10)17-9-12-4-2-3-5-13(12)16/h2-8,17H,9H2,1H3,(H,18,19). The molecule has 0 amide bonds. The quantitative estimate of drug-likeness (QED) is 0.884. The molecule has 2 aromatic rings. The van der Waals surface area contributed by atoms with Crippen LogP contribution in [0.1, 0.15) is 21.5 Å². The molecule has 0 aliphatic carbocycles. The Labute approximate surface area is 110 Å². The third kappa shape index (κ3) is 3.10. The summed E-state index contributed by atoms with van der Waals surface area (Å²) < 4.78 is 13.5. The number of anilines is 1. The zero-order valence-corrected chi connectivity index (χ0v) is 10.5. The summed E-state index contributed by atoms with van der Waals surface area (Å²) in [5.74, 6) is -1.25. The second kappa shape index (κ2) is 5.52. The highest BCUT2D eigenvalue weighted by Crippen LogP contribution is 2.18. The van der Waals surface area contributed by atoms with Crippen LogP contribution in [0.3, 0.4) is 0 Å². The molecule has 2 aromatic carbocycles. The third-order valence-corrected chi connectivity index (χ3v) is 2.91. The van der Waals surface area contributed by atoms with Crippen molar-refractivity contribution in [2.75, 3.05) is 5.32 Å². The average molecular weight is 259 g/mol. The van der Waals surface area contributed by atoms with E-state index in [2.05, 4.69) is 5.32 Å². The summed E-state index contributed by atoms with van der Waals surface area (Å²) in [6.45, 7) is 2.19. The zero-order chi connectivity index (χ0) is 13.8. The molecular weight excluding hydrogens is 245 g/mol. The van der Waals surface area contributed by atoms with Gasteiger partial charge in [0.2, 0.25) is 0 Å². The molecule has 2 rings (SSSR count). The van der Waals surface area contributed by atoms with Gasteiger partial charge >= 0.3 is 5.97 Å². The van der Waals surface area contributed by atoms with Crippen molar-refractivity contribution in [3.8, 4) is 0 Å². The Hall–Kier alpha value is -2.36. The molecule has 0 saturated heterocycles. The molecule has 0 bridgehead atoms. The first-order valence-electron chi connectivity index (χ1n) is 5.89. The summed E-state index contributed by atoms with van der Waals surface area (Å²) >= 11 is 0. The molecule has 0 aliphatic heterocycles. The molecule has 2 N–H and O–H groups in total. The highest BCUT2D eigenvalue weighted by molar-refractivity contribution is 5.89. The van der Waals surface area contributed by atoms with Gasteiger partial charge in [-0.25, -0.2) is 9.18 Å². The monoisotopic (exact) mass is 259 g/mol. The van der Waals surface area contributed by atoms with Crippen molar-refractivity contribution >= 4 is 11.7 Å². The molecule has 0 atom stereocenters. The fourth-order valence-corrected chi connectivity index (χ4v) is 1.78. The van der Waals surface area contributed by atoms with Gasteiger partial charge in [-0.2, -0.15) is 0 Å². The predicted molar refractivity (Wildman–Crippen MR) is 71.9 cm³/mol. The molecule has 19 heavy (non-hydrogen) atoms. The van der Waals surface area contributed by atoms with E-state index in [-0.39, 0.29) is 11.4 Å². The van der Waals surface area contributed by atoms with Gasteiger partial charge < -0.3 is 10.4 Å². The Morgan fingerprint density at radius 1 is 1.26 bits per heavy atom. The number of carbonyl (C=O) groups is 1. The highest BCUT2D eigenvalue weighted by atomic mass is 19.1. The van der Waals surface area contributed by atoms with Crippen LogP contribution >= 0.6 is 0 Å². The fraction of sp³-hybridized carbons (Fsp3) is 0.133. The van der Waals surface area contributed by atoms with E-state index in [0.29, 0.717) is 17.8 Å². The van der Waals surface area contributed by atoms with E-state index in [1.807, 2.05) is 6.92 Å². The topological polar surface area (TPSA) is 49.3 Å². The largest absolute Gasteiger partial charge is 0.478 e. The third-order valence-electron chi connectivity index (χ3n) is 2.91. The second-order valence-electron chi connectivity index (χ2n) is 4.28. The Kier molecular flexibility index (Phi) is 3.80. The fourth-order valence-electron chi connectivity index (χ4n) is 1.78. The molecule has 0 aromatic heterocycles. The van der Waals surface area contributed by atoms with Crippen LogP contribution in [0.25, 0.3) is 0 Å². The molecule has 98 valence electrons. The number of carboxylic acids is 1. The number of carboxylic acid groups (broad SMARTS) is 1. The van der Waals surface area contributed by atoms with E-state index in [9.17, 15) is 9.18 Å². The van der Waals surface area contributed by atoms with Gasteiger partial charge in [0.25, 0.3) is 0 Å². The van der Waals surface area contributed by atoms with E-state index in [0.717, 1.165) is 5.56 Å². The first-order valence-corrected chi connectivity index (χ1v) is 5.89. The average Bonchev–Trinajstić information content (AvgIpc) is 2.39. The summed E-state index contributed by atoms with van der Waals surface area (Å²) in [7, 11) is 0. The number of rotatable bonds is 4. The molecular formula is C15H14FNO2. The summed E-state index contributed by atoms with van der Waals surface area (Å²) in [5, 5.41) is 12.0. The molecule has 0 saturated carbocycles. The number of halogens is 1. The van der Waals surface area contributed by atoms with Gasteiger partial charge in [-0.15, -0.1) is 0 Å². The first kappa shape index (κ1) is 13.1. The predicted octanol–water partition coefficient (Wildman–Crippen LogP) is 3.44. The number of nitrogens with one attached hydrogen (secondary N) is 1. The van der Waals surface area contributed by atoms with Crippen molar-refractivity contribution in [1.29, 1.82) is 0 Å². The molecule has 0 unspecified atom stereocenters. The highest BCUT2D eigenvalue weighted by Gasteiger charge is 2.07. The lowest BCUT2D eigenvalue weighted by Crippen LogP contribution is -2.05. The second-order valence-corrected chi connectivity index (χ2v) is 4.28. The van der Waals surface area contributed by atoms with Crippen LogP contribution in [-0.2, 0) is 6.54 Å². The number of aromatic carboxylic acids is 1. The van der Waals surface area contributed by atoms with E-state index < -0.39 is 5.97 Å². The van der Waals surface area contributed by atoms with E-state index in [4.69, 9.17) is 5.11 Å². The number of benzene rings is 2. The zero-order valence-electron chi connectivity index (χ0n) is 10.5. The van der Waals surface area contributed by atoms with Gasteiger partial charge in [-0.3, -0.25) is 0 Å². The van der Waals surface area contributed by atoms with Crippen LogP contribution in [0.2, 0.25) is 0 Å². The maximum Gasteiger partial charge on any atom is 0.335 e. The van der Waals surface area contributed by atoms with E-state index >= 15 is 0 Å². The number of hydrogen-bond acceptors (Lipinski definition) is 2. The minimum atomic E-state index is -0.978. The molecule has 0 heterocycles. The minimum absolute atomic E-state index is 0.210. The van der Waals surface area contributed by atoms with Gasteiger partial charge in [0.15, 0.2) is 0 Å². The van der Waals surface area contributed by atoms with Gasteiger partial charge in [-0.1, -0.05) is 24.3 Å². The van der Waals surface area contributed by atoms with Crippen LogP contribution in [0, 0.1) is 12.7 Å². The maximum absolute atomic E-state index is 13.5. The lowest BCUT2D eigenvalue weighted by atomic mass is 10.1. The lowest BCUT2D eigenvalue weighted by molar-refractivity contribution is 0.0697. The van der Waals surface area contributed by atoms with Gasteiger partial charge in [0, 0.05) is 17.8 Å². The lowest BCUT2D eigenvalue weighted by Gasteiger charge is -2.11. The molecule has 0 spiro atoms. The Balaban J connectivity index is 2.17. The minimum Gasteiger partial charge on any atom is -0.478 e. The SMILES string of the molecule is Cc1ccc(C(=O)O)cc1NCc1ccccc1F. The van der Waals surface area contributed by atoms with Crippen molar-refractivity contribution < 1.29 is 14.3 Å². The smallest absolute Gasteiger partial charge is 0.335 e. The number of hydrogen-bond donors (Lipinski definition) is 2. The number of aryl methyl sites for hydroxylation is 1. The van der Waals surface area contributed by atoms with Crippen molar-refractivity contribution in [1.82, 2.24) is 0 Å². The van der Waals surface area contributed by atoms with Crippen LogP contribution in [0.4, 0.5) is 10.1 Å². The van der Waals surface area contributed by atoms with Crippen molar-refractivity contribution in [3.05, 3.63) is 65.0 Å². The summed E-state index contributed by atoms with van der Waals surface area (Å²) in [4.78, 5) is 10.9. The Morgan fingerprint density at radius 2 is 2.00 bits per heavy atom. The molecule has 0 radical (unpaired) electrons. The van der Waals surface area contributed by atoms with E-state index in [1.54, 1.807) is 36.4 Å². The van der Waals surface area contributed by atoms with Crippen LogP contribution < -0.4 is 5.32 Å². The molecule has 0 aliphatic rings. The van der Waals surface area contributed by atoms with Gasteiger partial charge in [0.1, 0.15) is 5.82 Å². The van der Waals surface area contributed by atoms with E-state index in [1.165, 1.54) is 6.07 Å². The molecule has 4 heteroatoms. The van der Waals surface area contributed by atoms with Crippen LogP contribution in [0.15, 0.2) is 42.5 Å². The normalized spacial score (nSPS) is 10.2. The first-order chi connectivity index (χ1) is 9.08. The Bertz CT molecular complexity index is 611. The Morgan fingerprint density at radius 3 is 2.68 bits per heavy atom. The van der Waals surface area contributed by atoms with Gasteiger partial charge in [0.05, 0.1) is 5.56 Å². The summed E-state index contributed by atoms with van der Waals surface area (Å²) in [5.41, 5.74) is 2.37. The summed E-state index contributed by atoms with van der Waals surface area (Å²) in [6.07, 6.45) is 0. The van der Waals surface area contributed by atoms with Gasteiger partial charge in [-0.05, 0) is 30.7 Å². The van der Waals surface area contributed by atoms with Crippen molar-refractivity contribution in [3.63, 3.8) is 0 Å². The van der Waals surface area contributed by atoms with Crippen LogP contribution in [-0.4, -0.2) is 11.1 Å².